The van der Waals surface area contributed by atoms with Crippen molar-refractivity contribution >= 4 is 10.0 Å². The number of hydrogen-bond acceptors (Lipinski definition) is 6. The van der Waals surface area contributed by atoms with Crippen molar-refractivity contribution in [2.45, 2.75) is 50.6 Å². The Balaban J connectivity index is 1.77. The minimum atomic E-state index is -3.65. The molecule has 0 saturated carbocycles. The summed E-state index contributed by atoms with van der Waals surface area (Å²) in [4.78, 5) is 12.8. The van der Waals surface area contributed by atoms with Crippen LogP contribution in [0, 0.1) is 0 Å². The lowest BCUT2D eigenvalue weighted by Gasteiger charge is -2.31. The highest BCUT2D eigenvalue weighted by molar-refractivity contribution is 7.89. The lowest BCUT2D eigenvalue weighted by atomic mass is 9.97. The van der Waals surface area contributed by atoms with Crippen LogP contribution in [0.25, 0.3) is 0 Å². The highest BCUT2D eigenvalue weighted by atomic mass is 32.2. The molecule has 0 bridgehead atoms. The molecule has 9 nitrogen and oxygen atoms in total. The van der Waals surface area contributed by atoms with Crippen molar-refractivity contribution in [2.24, 2.45) is 0 Å². The van der Waals surface area contributed by atoms with Gasteiger partial charge in [0, 0.05) is 32.7 Å². The van der Waals surface area contributed by atoms with Crippen LogP contribution in [-0.4, -0.2) is 60.5 Å². The number of nitrogens with zero attached hydrogens (tertiary/aromatic N) is 4. The Morgan fingerprint density at radius 2 is 1.87 bits per heavy atom. The van der Waals surface area contributed by atoms with E-state index in [4.69, 9.17) is 9.47 Å². The Hall–Kier alpha value is -2.17. The molecule has 10 heteroatoms. The van der Waals surface area contributed by atoms with E-state index in [-0.39, 0.29) is 16.5 Å². The van der Waals surface area contributed by atoms with Crippen molar-refractivity contribution in [3.05, 3.63) is 40.6 Å². The Labute approximate surface area is 177 Å². The molecule has 1 fully saturated rings. The maximum absolute atomic E-state index is 13.2. The SMILES string of the molecule is CCOc1ccccc1S(=O)(=O)N1CCC(c2nn(CCOC)c(=O)n2CC)CC1. The van der Waals surface area contributed by atoms with E-state index in [0.29, 0.717) is 58.0 Å². The highest BCUT2D eigenvalue weighted by Gasteiger charge is 2.33. The molecule has 0 amide bonds. The minimum absolute atomic E-state index is 0.0371. The van der Waals surface area contributed by atoms with Crippen LogP contribution in [0.4, 0.5) is 0 Å². The van der Waals surface area contributed by atoms with Gasteiger partial charge in [0.1, 0.15) is 16.5 Å². The van der Waals surface area contributed by atoms with Gasteiger partial charge in [-0.3, -0.25) is 4.57 Å². The van der Waals surface area contributed by atoms with Crippen molar-refractivity contribution in [3.8, 4) is 5.75 Å². The molecule has 0 aliphatic carbocycles. The van der Waals surface area contributed by atoms with E-state index in [1.165, 1.54) is 8.99 Å². The summed E-state index contributed by atoms with van der Waals surface area (Å²) < 4.78 is 41.5. The van der Waals surface area contributed by atoms with E-state index in [2.05, 4.69) is 5.10 Å². The van der Waals surface area contributed by atoms with Gasteiger partial charge in [0.05, 0.1) is 19.8 Å². The summed E-state index contributed by atoms with van der Waals surface area (Å²) in [5.41, 5.74) is -0.148. The van der Waals surface area contributed by atoms with Crippen molar-refractivity contribution in [1.82, 2.24) is 18.7 Å². The molecule has 3 rings (SSSR count). The maximum Gasteiger partial charge on any atom is 0.345 e. The van der Waals surface area contributed by atoms with Crippen LogP contribution in [0.3, 0.4) is 0 Å². The standard InChI is InChI=1S/C20H30N4O5S/c1-4-23-19(21-24(20(23)25)14-15-28-3)16-10-12-22(13-11-16)30(26,27)18-9-7-6-8-17(18)29-5-2/h6-9,16H,4-5,10-15H2,1-3H3. The molecule has 2 aromatic rings. The smallest absolute Gasteiger partial charge is 0.345 e. The van der Waals surface area contributed by atoms with E-state index in [9.17, 15) is 13.2 Å². The van der Waals surface area contributed by atoms with Crippen LogP contribution in [0.1, 0.15) is 38.4 Å². The van der Waals surface area contributed by atoms with Gasteiger partial charge < -0.3 is 9.47 Å². The Morgan fingerprint density at radius 3 is 2.50 bits per heavy atom. The summed E-state index contributed by atoms with van der Waals surface area (Å²) >= 11 is 0. The number of methoxy groups -OCH3 is 1. The fourth-order valence-electron chi connectivity index (χ4n) is 3.81. The van der Waals surface area contributed by atoms with Gasteiger partial charge in [0.25, 0.3) is 0 Å². The molecule has 30 heavy (non-hydrogen) atoms. The first kappa shape index (κ1) is 22.5. The second-order valence-corrected chi connectivity index (χ2v) is 9.07. The number of para-hydroxylation sites is 1. The molecule has 1 aliphatic rings. The first-order valence-corrected chi connectivity index (χ1v) is 11.8. The van der Waals surface area contributed by atoms with E-state index in [0.717, 1.165) is 5.82 Å². The van der Waals surface area contributed by atoms with Gasteiger partial charge in [-0.05, 0) is 38.8 Å². The maximum atomic E-state index is 13.2. The molecule has 0 spiro atoms. The number of benzene rings is 1. The quantitative estimate of drug-likeness (QED) is 0.591. The number of rotatable bonds is 9. The van der Waals surface area contributed by atoms with Crippen LogP contribution in [-0.2, 0) is 27.8 Å². The van der Waals surface area contributed by atoms with Crippen LogP contribution in [0.5, 0.6) is 5.75 Å². The van der Waals surface area contributed by atoms with Gasteiger partial charge in [-0.25, -0.2) is 17.9 Å². The summed E-state index contributed by atoms with van der Waals surface area (Å²) in [6.07, 6.45) is 1.22. The van der Waals surface area contributed by atoms with Crippen molar-refractivity contribution < 1.29 is 17.9 Å². The Bertz CT molecular complexity index is 1010. The Morgan fingerprint density at radius 1 is 1.17 bits per heavy atom. The first-order chi connectivity index (χ1) is 14.4. The molecule has 1 saturated heterocycles. The summed E-state index contributed by atoms with van der Waals surface area (Å²) in [6, 6.07) is 6.73. The largest absolute Gasteiger partial charge is 0.492 e. The summed E-state index contributed by atoms with van der Waals surface area (Å²) in [7, 11) is -2.07. The highest BCUT2D eigenvalue weighted by Crippen LogP contribution is 2.32. The molecular weight excluding hydrogens is 408 g/mol. The Kier molecular flexibility index (Phi) is 7.32. The van der Waals surface area contributed by atoms with E-state index < -0.39 is 10.0 Å². The molecule has 0 radical (unpaired) electrons. The fourth-order valence-corrected chi connectivity index (χ4v) is 5.41. The molecule has 1 aromatic heterocycles. The zero-order valence-corrected chi connectivity index (χ0v) is 18.6. The van der Waals surface area contributed by atoms with E-state index in [1.54, 1.807) is 35.9 Å². The number of aromatic nitrogens is 3. The summed E-state index contributed by atoms with van der Waals surface area (Å²) in [5.74, 6) is 1.14. The predicted molar refractivity (Wildman–Crippen MR) is 112 cm³/mol. The molecule has 0 N–H and O–H groups in total. The monoisotopic (exact) mass is 438 g/mol. The van der Waals surface area contributed by atoms with Gasteiger partial charge in [-0.2, -0.15) is 9.40 Å². The third-order valence-corrected chi connectivity index (χ3v) is 7.30. The lowest BCUT2D eigenvalue weighted by molar-refractivity contribution is 0.182. The second-order valence-electron chi connectivity index (χ2n) is 7.16. The zero-order valence-electron chi connectivity index (χ0n) is 17.8. The lowest BCUT2D eigenvalue weighted by Crippen LogP contribution is -2.38. The number of hydrogen-bond donors (Lipinski definition) is 0. The van der Waals surface area contributed by atoms with Gasteiger partial charge in [-0.1, -0.05) is 12.1 Å². The molecule has 166 valence electrons. The fraction of sp³-hybridized carbons (Fsp3) is 0.600. The summed E-state index contributed by atoms with van der Waals surface area (Å²) in [5, 5.41) is 4.52. The predicted octanol–water partition coefficient (Wildman–Crippen LogP) is 1.68. The van der Waals surface area contributed by atoms with Crippen LogP contribution < -0.4 is 10.4 Å². The number of piperidine rings is 1. The van der Waals surface area contributed by atoms with Gasteiger partial charge >= 0.3 is 5.69 Å². The molecule has 1 aromatic carbocycles. The average Bonchev–Trinajstić information content (AvgIpc) is 3.08. The topological polar surface area (TPSA) is 95.7 Å². The van der Waals surface area contributed by atoms with Crippen LogP contribution >= 0.6 is 0 Å². The average molecular weight is 439 g/mol. The third-order valence-electron chi connectivity index (χ3n) is 5.36. The number of sulfonamides is 1. The van der Waals surface area contributed by atoms with Crippen molar-refractivity contribution in [1.29, 1.82) is 0 Å². The summed E-state index contributed by atoms with van der Waals surface area (Å²) in [6.45, 7) is 6.22. The molecule has 0 unspecified atom stereocenters. The van der Waals surface area contributed by atoms with Crippen molar-refractivity contribution in [2.75, 3.05) is 33.4 Å². The third kappa shape index (κ3) is 4.45. The van der Waals surface area contributed by atoms with Gasteiger partial charge in [0.15, 0.2) is 0 Å². The van der Waals surface area contributed by atoms with E-state index in [1.807, 2.05) is 13.8 Å². The van der Waals surface area contributed by atoms with Gasteiger partial charge in [-0.15, -0.1) is 0 Å². The number of ether oxygens (including phenoxy) is 2. The second kappa shape index (κ2) is 9.76. The normalized spacial score (nSPS) is 16.1. The molecular formula is C20H30N4O5S. The first-order valence-electron chi connectivity index (χ1n) is 10.3. The molecule has 1 aliphatic heterocycles. The minimum Gasteiger partial charge on any atom is -0.492 e. The van der Waals surface area contributed by atoms with Crippen LogP contribution in [0.15, 0.2) is 34.0 Å². The van der Waals surface area contributed by atoms with Crippen molar-refractivity contribution in [3.63, 3.8) is 0 Å². The molecule has 2 heterocycles. The zero-order chi connectivity index (χ0) is 21.7. The van der Waals surface area contributed by atoms with E-state index >= 15 is 0 Å². The van der Waals surface area contributed by atoms with Crippen LogP contribution in [0.2, 0.25) is 0 Å². The van der Waals surface area contributed by atoms with Gasteiger partial charge in [0.2, 0.25) is 10.0 Å². The molecule has 0 atom stereocenters.